The van der Waals surface area contributed by atoms with E-state index in [1.165, 1.54) is 31.4 Å². The molecule has 24 heavy (non-hydrogen) atoms. The van der Waals surface area contributed by atoms with E-state index >= 15 is 0 Å². The van der Waals surface area contributed by atoms with Crippen LogP contribution in [-0.4, -0.2) is 25.5 Å². The molecule has 1 saturated heterocycles. The fourth-order valence-corrected chi connectivity index (χ4v) is 3.90. The molecule has 2 aliphatic rings. The molecule has 1 aromatic rings. The van der Waals surface area contributed by atoms with Crippen LogP contribution in [0, 0.1) is 17.7 Å². The van der Waals surface area contributed by atoms with Gasteiger partial charge in [-0.3, -0.25) is 4.79 Å². The lowest BCUT2D eigenvalue weighted by Gasteiger charge is -2.39. The normalized spacial score (nSPS) is 21.2. The quantitative estimate of drug-likeness (QED) is 0.850. The van der Waals surface area contributed by atoms with Crippen molar-refractivity contribution in [3.63, 3.8) is 0 Å². The van der Waals surface area contributed by atoms with Crippen LogP contribution in [0.15, 0.2) is 24.3 Å². The maximum Gasteiger partial charge on any atom is 0.223 e. The molecule has 3 rings (SSSR count). The smallest absolute Gasteiger partial charge is 0.223 e. The SMILES string of the molecule is CC(C(=O)NCC1(c2ccc(F)cc2)CCCCC1)C1CNC1.Cl. The highest BCUT2D eigenvalue weighted by molar-refractivity contribution is 5.85. The van der Waals surface area contributed by atoms with Gasteiger partial charge < -0.3 is 10.6 Å². The maximum absolute atomic E-state index is 13.3. The third-order valence-electron chi connectivity index (χ3n) is 5.80. The van der Waals surface area contributed by atoms with Gasteiger partial charge in [0.15, 0.2) is 0 Å². The molecule has 0 aromatic heterocycles. The van der Waals surface area contributed by atoms with Crippen LogP contribution in [0.1, 0.15) is 44.6 Å². The second-order valence-corrected chi connectivity index (χ2v) is 7.27. The largest absolute Gasteiger partial charge is 0.355 e. The third-order valence-corrected chi connectivity index (χ3v) is 5.80. The lowest BCUT2D eigenvalue weighted by molar-refractivity contribution is -0.127. The second-order valence-electron chi connectivity index (χ2n) is 7.27. The van der Waals surface area contributed by atoms with Crippen LogP contribution in [-0.2, 0) is 10.2 Å². The van der Waals surface area contributed by atoms with E-state index in [0.717, 1.165) is 31.5 Å². The number of hydrogen-bond acceptors (Lipinski definition) is 2. The minimum Gasteiger partial charge on any atom is -0.355 e. The monoisotopic (exact) mass is 354 g/mol. The fourth-order valence-electron chi connectivity index (χ4n) is 3.90. The van der Waals surface area contributed by atoms with Crippen LogP contribution in [0.2, 0.25) is 0 Å². The standard InChI is InChI=1S/C19H27FN2O.ClH/c1-14(15-11-21-12-15)18(23)22-13-19(9-3-2-4-10-19)16-5-7-17(20)8-6-16;/h5-8,14-15,21H,2-4,9-13H2,1H3,(H,22,23);1H. The summed E-state index contributed by atoms with van der Waals surface area (Å²) in [5, 5.41) is 6.42. The summed E-state index contributed by atoms with van der Waals surface area (Å²) in [5.41, 5.74) is 1.14. The Hall–Kier alpha value is -1.13. The molecule has 5 heteroatoms. The van der Waals surface area contributed by atoms with Crippen LogP contribution >= 0.6 is 12.4 Å². The molecule has 1 amide bonds. The molecule has 1 aliphatic carbocycles. The van der Waals surface area contributed by atoms with Crippen molar-refractivity contribution >= 4 is 18.3 Å². The van der Waals surface area contributed by atoms with Crippen LogP contribution in [0.5, 0.6) is 0 Å². The highest BCUT2D eigenvalue weighted by Crippen LogP contribution is 2.39. The first-order chi connectivity index (χ1) is 11.1. The molecule has 134 valence electrons. The number of rotatable bonds is 5. The van der Waals surface area contributed by atoms with E-state index in [-0.39, 0.29) is 35.5 Å². The Labute approximate surface area is 150 Å². The van der Waals surface area contributed by atoms with Crippen molar-refractivity contribution < 1.29 is 9.18 Å². The Morgan fingerprint density at radius 1 is 1.25 bits per heavy atom. The van der Waals surface area contributed by atoms with Gasteiger partial charge in [-0.1, -0.05) is 38.3 Å². The summed E-state index contributed by atoms with van der Waals surface area (Å²) in [6.07, 6.45) is 5.74. The summed E-state index contributed by atoms with van der Waals surface area (Å²) in [7, 11) is 0. The van der Waals surface area contributed by atoms with E-state index in [2.05, 4.69) is 10.6 Å². The van der Waals surface area contributed by atoms with E-state index in [1.54, 1.807) is 0 Å². The zero-order valence-corrected chi connectivity index (χ0v) is 15.1. The van der Waals surface area contributed by atoms with E-state index in [1.807, 2.05) is 19.1 Å². The molecular formula is C19H28ClFN2O. The molecule has 1 aliphatic heterocycles. The zero-order valence-electron chi connectivity index (χ0n) is 14.3. The Morgan fingerprint density at radius 3 is 2.42 bits per heavy atom. The number of benzene rings is 1. The molecule has 0 spiro atoms. The van der Waals surface area contributed by atoms with Gasteiger partial charge in [-0.2, -0.15) is 0 Å². The number of nitrogens with one attached hydrogen (secondary N) is 2. The van der Waals surface area contributed by atoms with E-state index in [9.17, 15) is 9.18 Å². The molecule has 2 N–H and O–H groups in total. The van der Waals surface area contributed by atoms with E-state index in [0.29, 0.717) is 12.5 Å². The highest BCUT2D eigenvalue weighted by atomic mass is 35.5. The number of carbonyl (C=O) groups is 1. The summed E-state index contributed by atoms with van der Waals surface area (Å²) in [4.78, 5) is 12.4. The Morgan fingerprint density at radius 2 is 1.88 bits per heavy atom. The van der Waals surface area contributed by atoms with Crippen LogP contribution in [0.3, 0.4) is 0 Å². The molecule has 0 radical (unpaired) electrons. The Bertz CT molecular complexity index is 539. The van der Waals surface area contributed by atoms with Gasteiger partial charge in [0.25, 0.3) is 0 Å². The molecular weight excluding hydrogens is 327 g/mol. The van der Waals surface area contributed by atoms with Crippen LogP contribution < -0.4 is 10.6 Å². The van der Waals surface area contributed by atoms with Crippen molar-refractivity contribution in [2.45, 2.75) is 44.4 Å². The number of carbonyl (C=O) groups excluding carboxylic acids is 1. The maximum atomic E-state index is 13.3. The van der Waals surface area contributed by atoms with Gasteiger partial charge in [-0.15, -0.1) is 12.4 Å². The van der Waals surface area contributed by atoms with Gasteiger partial charge in [0.05, 0.1) is 0 Å². The summed E-state index contributed by atoms with van der Waals surface area (Å²) in [6, 6.07) is 6.87. The Kier molecular flexibility index (Phi) is 6.64. The van der Waals surface area contributed by atoms with Crippen molar-refractivity contribution in [1.82, 2.24) is 10.6 Å². The van der Waals surface area contributed by atoms with Crippen molar-refractivity contribution in [3.05, 3.63) is 35.6 Å². The molecule has 3 nitrogen and oxygen atoms in total. The van der Waals surface area contributed by atoms with Crippen molar-refractivity contribution in [1.29, 1.82) is 0 Å². The summed E-state index contributed by atoms with van der Waals surface area (Å²) < 4.78 is 13.3. The van der Waals surface area contributed by atoms with Gasteiger partial charge >= 0.3 is 0 Å². The van der Waals surface area contributed by atoms with E-state index < -0.39 is 0 Å². The lowest BCUT2D eigenvalue weighted by Crippen LogP contribution is -2.51. The molecule has 1 aromatic carbocycles. The fraction of sp³-hybridized carbons (Fsp3) is 0.632. The average Bonchev–Trinajstić information content (AvgIpc) is 2.52. The number of halogens is 2. The van der Waals surface area contributed by atoms with Crippen molar-refractivity contribution in [3.8, 4) is 0 Å². The highest BCUT2D eigenvalue weighted by Gasteiger charge is 2.35. The summed E-state index contributed by atoms with van der Waals surface area (Å²) >= 11 is 0. The van der Waals surface area contributed by atoms with Crippen LogP contribution in [0.25, 0.3) is 0 Å². The first kappa shape index (κ1) is 19.2. The van der Waals surface area contributed by atoms with E-state index in [4.69, 9.17) is 0 Å². The van der Waals surface area contributed by atoms with Gasteiger partial charge in [-0.05, 0) is 49.5 Å². The van der Waals surface area contributed by atoms with Gasteiger partial charge in [0.1, 0.15) is 5.82 Å². The number of hydrogen-bond donors (Lipinski definition) is 2. The van der Waals surface area contributed by atoms with Gasteiger partial charge in [0.2, 0.25) is 5.91 Å². The predicted molar refractivity (Wildman–Crippen MR) is 96.9 cm³/mol. The molecule has 1 saturated carbocycles. The van der Waals surface area contributed by atoms with Gasteiger partial charge in [-0.25, -0.2) is 4.39 Å². The molecule has 1 atom stereocenters. The Balaban J connectivity index is 0.00000208. The summed E-state index contributed by atoms with van der Waals surface area (Å²) in [5.74, 6) is 0.478. The first-order valence-corrected chi connectivity index (χ1v) is 8.85. The molecule has 0 bridgehead atoms. The minimum absolute atomic E-state index is 0. The lowest BCUT2D eigenvalue weighted by atomic mass is 9.69. The van der Waals surface area contributed by atoms with Crippen molar-refractivity contribution in [2.75, 3.05) is 19.6 Å². The molecule has 1 heterocycles. The topological polar surface area (TPSA) is 41.1 Å². The summed E-state index contributed by atoms with van der Waals surface area (Å²) in [6.45, 7) is 4.57. The van der Waals surface area contributed by atoms with Gasteiger partial charge in [0, 0.05) is 17.9 Å². The second kappa shape index (κ2) is 8.30. The number of amides is 1. The molecule has 1 unspecified atom stereocenters. The first-order valence-electron chi connectivity index (χ1n) is 8.85. The van der Waals surface area contributed by atoms with Crippen molar-refractivity contribution in [2.24, 2.45) is 11.8 Å². The predicted octanol–water partition coefficient (Wildman–Crippen LogP) is 3.42. The minimum atomic E-state index is -0.199. The zero-order chi connectivity index (χ0) is 16.3. The molecule has 2 fully saturated rings. The average molecular weight is 355 g/mol. The third kappa shape index (κ3) is 4.09. The van der Waals surface area contributed by atoms with Crippen LogP contribution in [0.4, 0.5) is 4.39 Å².